The van der Waals surface area contributed by atoms with Crippen LogP contribution >= 0.6 is 0 Å². The van der Waals surface area contributed by atoms with E-state index >= 15 is 4.39 Å². The van der Waals surface area contributed by atoms with Crippen LogP contribution in [0.4, 0.5) is 8.78 Å². The highest BCUT2D eigenvalue weighted by atomic mass is 19.1. The third-order valence-corrected chi connectivity index (χ3v) is 7.23. The molecule has 3 heteroatoms. The van der Waals surface area contributed by atoms with Gasteiger partial charge in [0.05, 0.1) is 7.11 Å². The molecule has 1 aliphatic rings. The second-order valence-electron chi connectivity index (χ2n) is 9.32. The van der Waals surface area contributed by atoms with Gasteiger partial charge in [-0.3, -0.25) is 0 Å². The van der Waals surface area contributed by atoms with Crippen LogP contribution in [0, 0.1) is 17.6 Å². The summed E-state index contributed by atoms with van der Waals surface area (Å²) in [7, 11) is 1.42. The van der Waals surface area contributed by atoms with Crippen molar-refractivity contribution in [2.45, 2.75) is 70.6 Å². The maximum absolute atomic E-state index is 15.3. The molecule has 0 bridgehead atoms. The molecule has 0 heterocycles. The van der Waals surface area contributed by atoms with Gasteiger partial charge < -0.3 is 4.74 Å². The Balaban J connectivity index is 1.47. The van der Waals surface area contributed by atoms with E-state index in [1.54, 1.807) is 12.1 Å². The maximum Gasteiger partial charge on any atom is 0.165 e. The van der Waals surface area contributed by atoms with E-state index in [1.807, 2.05) is 12.1 Å². The lowest BCUT2D eigenvalue weighted by atomic mass is 9.76. The molecule has 0 aliphatic heterocycles. The topological polar surface area (TPSA) is 9.23 Å². The number of fused-ring (bicyclic) bond motifs is 1. The highest BCUT2D eigenvalue weighted by Crippen LogP contribution is 2.39. The fourth-order valence-corrected chi connectivity index (χ4v) is 5.27. The Labute approximate surface area is 190 Å². The smallest absolute Gasteiger partial charge is 0.165 e. The zero-order valence-corrected chi connectivity index (χ0v) is 19.3. The van der Waals surface area contributed by atoms with Gasteiger partial charge in [0.15, 0.2) is 11.6 Å². The van der Waals surface area contributed by atoms with E-state index in [0.717, 1.165) is 11.3 Å². The zero-order chi connectivity index (χ0) is 22.5. The van der Waals surface area contributed by atoms with E-state index in [1.165, 1.54) is 82.6 Å². The van der Waals surface area contributed by atoms with Gasteiger partial charge >= 0.3 is 0 Å². The fourth-order valence-electron chi connectivity index (χ4n) is 5.27. The lowest BCUT2D eigenvalue weighted by Gasteiger charge is -2.29. The molecule has 170 valence electrons. The molecule has 4 rings (SSSR count). The molecule has 3 aromatic carbocycles. The van der Waals surface area contributed by atoms with Crippen molar-refractivity contribution >= 4 is 10.8 Å². The predicted octanol–water partition coefficient (Wildman–Crippen LogP) is 9.04. The van der Waals surface area contributed by atoms with Crippen molar-refractivity contribution in [1.29, 1.82) is 0 Å². The average molecular weight is 437 g/mol. The minimum atomic E-state index is -0.485. The molecule has 0 radical (unpaired) electrons. The maximum atomic E-state index is 15.3. The Morgan fingerprint density at radius 3 is 2.41 bits per heavy atom. The Hall–Kier alpha value is -2.42. The average Bonchev–Trinajstić information content (AvgIpc) is 2.82. The van der Waals surface area contributed by atoms with Gasteiger partial charge in [0.1, 0.15) is 5.82 Å². The molecule has 1 aliphatic carbocycles. The molecule has 1 fully saturated rings. The summed E-state index contributed by atoms with van der Waals surface area (Å²) >= 11 is 0. The van der Waals surface area contributed by atoms with Crippen molar-refractivity contribution in [1.82, 2.24) is 0 Å². The molecule has 0 saturated heterocycles. The Morgan fingerprint density at radius 2 is 1.69 bits per heavy atom. The summed E-state index contributed by atoms with van der Waals surface area (Å²) in [5.41, 5.74) is 2.25. The summed E-state index contributed by atoms with van der Waals surface area (Å²) in [4.78, 5) is 0. The highest BCUT2D eigenvalue weighted by Gasteiger charge is 2.22. The first kappa shape index (κ1) is 22.8. The SMILES string of the molecule is CCCCCC[C@H]1CC[C@H](c2ccc3c(F)c(-c4ccc(OC)c(F)c4)ccc3c2)CC1. The second-order valence-corrected chi connectivity index (χ2v) is 9.32. The molecule has 3 aromatic rings. The Bertz CT molecular complexity index is 1050. The molecule has 0 spiro atoms. The van der Waals surface area contributed by atoms with Crippen molar-refractivity contribution in [2.75, 3.05) is 7.11 Å². The normalized spacial score (nSPS) is 18.8. The van der Waals surface area contributed by atoms with Gasteiger partial charge in [0.2, 0.25) is 0 Å². The minimum Gasteiger partial charge on any atom is -0.494 e. The lowest BCUT2D eigenvalue weighted by molar-refractivity contribution is 0.302. The summed E-state index contributed by atoms with van der Waals surface area (Å²) < 4.78 is 34.4. The van der Waals surface area contributed by atoms with Gasteiger partial charge in [0.25, 0.3) is 0 Å². The van der Waals surface area contributed by atoms with Crippen LogP contribution in [0.2, 0.25) is 0 Å². The standard InChI is InChI=1S/C29H34F2O/c1-3-4-5-6-7-20-8-10-21(11-9-20)22-12-15-25-23(18-22)13-16-26(29(25)31)24-14-17-28(32-2)27(30)19-24/h12-21H,3-11H2,1-2H3/t20-,21-. The van der Waals surface area contributed by atoms with Gasteiger partial charge in [-0.05, 0) is 66.2 Å². The Kier molecular flexibility index (Phi) is 7.44. The molecule has 1 saturated carbocycles. The van der Waals surface area contributed by atoms with E-state index in [9.17, 15) is 4.39 Å². The van der Waals surface area contributed by atoms with Crippen LogP contribution in [0.15, 0.2) is 48.5 Å². The van der Waals surface area contributed by atoms with Crippen LogP contribution in [-0.4, -0.2) is 7.11 Å². The monoisotopic (exact) mass is 436 g/mol. The van der Waals surface area contributed by atoms with Gasteiger partial charge in [-0.2, -0.15) is 0 Å². The predicted molar refractivity (Wildman–Crippen MR) is 129 cm³/mol. The number of benzene rings is 3. The van der Waals surface area contributed by atoms with E-state index in [4.69, 9.17) is 4.74 Å². The van der Waals surface area contributed by atoms with E-state index in [0.29, 0.717) is 22.4 Å². The summed E-state index contributed by atoms with van der Waals surface area (Å²) in [6.45, 7) is 2.26. The van der Waals surface area contributed by atoms with Gasteiger partial charge in [-0.1, -0.05) is 75.4 Å². The molecule has 0 atom stereocenters. The third-order valence-electron chi connectivity index (χ3n) is 7.23. The molecule has 0 amide bonds. The summed E-state index contributed by atoms with van der Waals surface area (Å²) in [6.07, 6.45) is 11.9. The van der Waals surface area contributed by atoms with Gasteiger partial charge in [-0.15, -0.1) is 0 Å². The van der Waals surface area contributed by atoms with Crippen molar-refractivity contribution in [3.8, 4) is 16.9 Å². The first-order valence-corrected chi connectivity index (χ1v) is 12.2. The van der Waals surface area contributed by atoms with Crippen LogP contribution in [0.1, 0.15) is 76.2 Å². The van der Waals surface area contributed by atoms with Crippen molar-refractivity contribution < 1.29 is 13.5 Å². The van der Waals surface area contributed by atoms with Crippen molar-refractivity contribution in [3.63, 3.8) is 0 Å². The molecule has 0 aromatic heterocycles. The van der Waals surface area contributed by atoms with E-state index in [2.05, 4.69) is 19.1 Å². The molecule has 0 N–H and O–H groups in total. The fraction of sp³-hybridized carbons (Fsp3) is 0.448. The van der Waals surface area contributed by atoms with Crippen LogP contribution in [0.5, 0.6) is 5.75 Å². The number of hydrogen-bond donors (Lipinski definition) is 0. The number of methoxy groups -OCH3 is 1. The van der Waals surface area contributed by atoms with Crippen LogP contribution < -0.4 is 4.74 Å². The summed E-state index contributed by atoms with van der Waals surface area (Å²) in [5.74, 6) is 0.837. The molecular weight excluding hydrogens is 402 g/mol. The first-order chi connectivity index (χ1) is 15.6. The van der Waals surface area contributed by atoms with Crippen LogP contribution in [0.25, 0.3) is 21.9 Å². The second kappa shape index (κ2) is 10.5. The lowest BCUT2D eigenvalue weighted by Crippen LogP contribution is -2.13. The van der Waals surface area contributed by atoms with Crippen molar-refractivity contribution in [2.24, 2.45) is 5.92 Å². The summed E-state index contributed by atoms with van der Waals surface area (Å²) in [5, 5.41) is 1.51. The number of unbranched alkanes of at least 4 members (excludes halogenated alkanes) is 3. The number of halogens is 2. The largest absolute Gasteiger partial charge is 0.494 e. The quantitative estimate of drug-likeness (QED) is 0.320. The molecule has 32 heavy (non-hydrogen) atoms. The van der Waals surface area contributed by atoms with Crippen LogP contribution in [-0.2, 0) is 0 Å². The zero-order valence-electron chi connectivity index (χ0n) is 19.3. The Morgan fingerprint density at radius 1 is 0.875 bits per heavy atom. The number of hydrogen-bond acceptors (Lipinski definition) is 1. The third kappa shape index (κ3) is 4.98. The van der Waals surface area contributed by atoms with Gasteiger partial charge in [-0.25, -0.2) is 8.78 Å². The first-order valence-electron chi connectivity index (χ1n) is 12.2. The summed E-state index contributed by atoms with van der Waals surface area (Å²) in [6, 6.07) is 14.4. The highest BCUT2D eigenvalue weighted by molar-refractivity contribution is 5.89. The van der Waals surface area contributed by atoms with Crippen LogP contribution in [0.3, 0.4) is 0 Å². The molecule has 1 nitrogen and oxygen atoms in total. The van der Waals surface area contributed by atoms with Crippen molar-refractivity contribution in [3.05, 3.63) is 65.7 Å². The molecule has 0 unspecified atom stereocenters. The minimum absolute atomic E-state index is 0.162. The van der Waals surface area contributed by atoms with Gasteiger partial charge in [0, 0.05) is 10.9 Å². The van der Waals surface area contributed by atoms with E-state index in [-0.39, 0.29) is 11.6 Å². The number of ether oxygens (including phenoxy) is 1. The number of rotatable bonds is 8. The van der Waals surface area contributed by atoms with E-state index < -0.39 is 5.82 Å². The molecular formula is C29H34F2O.